The second-order valence-electron chi connectivity index (χ2n) is 4.94. The van der Waals surface area contributed by atoms with Gasteiger partial charge in [-0.25, -0.2) is 9.78 Å². The molecular weight excluding hydrogens is 278 g/mol. The summed E-state index contributed by atoms with van der Waals surface area (Å²) in [5.41, 5.74) is 3.65. The van der Waals surface area contributed by atoms with E-state index in [0.717, 1.165) is 22.2 Å². The van der Waals surface area contributed by atoms with Crippen LogP contribution < -0.4 is 4.74 Å². The molecule has 0 aliphatic rings. The molecule has 3 rings (SSSR count). The molecule has 110 valence electrons. The summed E-state index contributed by atoms with van der Waals surface area (Å²) in [6, 6.07) is 17.3. The highest BCUT2D eigenvalue weighted by Crippen LogP contribution is 2.30. The Hall–Kier alpha value is -2.88. The Morgan fingerprint density at radius 2 is 1.77 bits per heavy atom. The Balaban J connectivity index is 2.15. The Bertz CT molecular complexity index is 825. The van der Waals surface area contributed by atoms with Crippen molar-refractivity contribution in [1.82, 2.24) is 4.98 Å². The third-order valence-corrected chi connectivity index (χ3v) is 3.39. The maximum atomic E-state index is 11.5. The lowest BCUT2D eigenvalue weighted by Crippen LogP contribution is -2.08. The fourth-order valence-corrected chi connectivity index (χ4v) is 2.23. The summed E-state index contributed by atoms with van der Waals surface area (Å²) in [5.74, 6) is 0.438. The van der Waals surface area contributed by atoms with Crippen LogP contribution in [0.2, 0.25) is 0 Å². The third kappa shape index (κ3) is 2.76. The molecule has 4 nitrogen and oxygen atoms in total. The van der Waals surface area contributed by atoms with Crippen LogP contribution in [0, 0.1) is 6.92 Å². The number of ether oxygens (including phenoxy) is 2. The number of nitrogens with zero attached hydrogens (tertiary/aromatic N) is 1. The third-order valence-electron chi connectivity index (χ3n) is 3.39. The number of carbonyl (C=O) groups is 1. The van der Waals surface area contributed by atoms with Gasteiger partial charge < -0.3 is 9.47 Å². The van der Waals surface area contributed by atoms with Crippen molar-refractivity contribution in [3.8, 4) is 17.0 Å². The number of hydrogen-bond donors (Lipinski definition) is 0. The minimum atomic E-state index is -0.744. The van der Waals surface area contributed by atoms with E-state index in [-0.39, 0.29) is 0 Å². The Kier molecular flexibility index (Phi) is 3.74. The molecular formula is C18H15NO3. The van der Waals surface area contributed by atoms with Gasteiger partial charge in [0.1, 0.15) is 5.75 Å². The van der Waals surface area contributed by atoms with E-state index in [1.54, 1.807) is 6.07 Å². The molecule has 0 saturated carbocycles. The predicted molar refractivity (Wildman–Crippen MR) is 84.9 cm³/mol. The van der Waals surface area contributed by atoms with E-state index in [1.807, 2.05) is 55.5 Å². The molecule has 0 radical (unpaired) electrons. The standard InChI is InChI=1S/C18H15NO3/c1-12-7-9-13(10-8-12)16-11-17(22-18(20)21-2)14-5-3-4-6-15(14)19-16/h3-11H,1-2H3. The van der Waals surface area contributed by atoms with Gasteiger partial charge in [0.2, 0.25) is 0 Å². The molecule has 1 heterocycles. The number of pyridine rings is 1. The number of benzene rings is 2. The number of fused-ring (bicyclic) bond motifs is 1. The monoisotopic (exact) mass is 293 g/mol. The molecule has 0 amide bonds. The van der Waals surface area contributed by atoms with Gasteiger partial charge in [-0.15, -0.1) is 0 Å². The van der Waals surface area contributed by atoms with Crippen LogP contribution in [0.25, 0.3) is 22.2 Å². The largest absolute Gasteiger partial charge is 0.513 e. The Labute approximate surface area is 128 Å². The van der Waals surface area contributed by atoms with E-state index in [1.165, 1.54) is 12.7 Å². The van der Waals surface area contributed by atoms with Crippen molar-refractivity contribution in [1.29, 1.82) is 0 Å². The van der Waals surface area contributed by atoms with E-state index in [4.69, 9.17) is 4.74 Å². The first-order chi connectivity index (χ1) is 10.7. The average Bonchev–Trinajstić information content (AvgIpc) is 2.55. The molecule has 22 heavy (non-hydrogen) atoms. The average molecular weight is 293 g/mol. The lowest BCUT2D eigenvalue weighted by atomic mass is 10.1. The molecule has 3 aromatic rings. The van der Waals surface area contributed by atoms with Crippen molar-refractivity contribution in [2.75, 3.05) is 7.11 Å². The molecule has 0 fully saturated rings. The highest BCUT2D eigenvalue weighted by molar-refractivity contribution is 5.89. The first kappa shape index (κ1) is 14.1. The molecule has 0 spiro atoms. The highest BCUT2D eigenvalue weighted by atomic mass is 16.7. The first-order valence-corrected chi connectivity index (χ1v) is 6.90. The number of hydrogen-bond acceptors (Lipinski definition) is 4. The molecule has 0 unspecified atom stereocenters. The molecule has 4 heteroatoms. The van der Waals surface area contributed by atoms with E-state index < -0.39 is 6.16 Å². The van der Waals surface area contributed by atoms with Crippen molar-refractivity contribution < 1.29 is 14.3 Å². The van der Waals surface area contributed by atoms with Gasteiger partial charge >= 0.3 is 6.16 Å². The molecule has 0 atom stereocenters. The smallest absolute Gasteiger partial charge is 0.437 e. The minimum absolute atomic E-state index is 0.438. The summed E-state index contributed by atoms with van der Waals surface area (Å²) in [4.78, 5) is 16.1. The number of carbonyl (C=O) groups excluding carboxylic acids is 1. The van der Waals surface area contributed by atoms with Gasteiger partial charge in [-0.05, 0) is 19.1 Å². The van der Waals surface area contributed by atoms with Gasteiger partial charge in [-0.3, -0.25) is 0 Å². The minimum Gasteiger partial charge on any atom is -0.437 e. The van der Waals surface area contributed by atoms with Gasteiger partial charge in [-0.2, -0.15) is 0 Å². The van der Waals surface area contributed by atoms with Crippen molar-refractivity contribution >= 4 is 17.1 Å². The molecule has 1 aromatic heterocycles. The summed E-state index contributed by atoms with van der Waals surface area (Å²) in [7, 11) is 1.28. The van der Waals surface area contributed by atoms with Gasteiger partial charge in [0.05, 0.1) is 18.3 Å². The van der Waals surface area contributed by atoms with Crippen molar-refractivity contribution in [2.45, 2.75) is 6.92 Å². The second-order valence-corrected chi connectivity index (χ2v) is 4.94. The Morgan fingerprint density at radius 1 is 1.05 bits per heavy atom. The number of para-hydroxylation sites is 1. The van der Waals surface area contributed by atoms with Crippen LogP contribution in [0.3, 0.4) is 0 Å². The van der Waals surface area contributed by atoms with Crippen molar-refractivity contribution in [3.63, 3.8) is 0 Å². The fraction of sp³-hybridized carbons (Fsp3) is 0.111. The molecule has 0 aliphatic heterocycles. The first-order valence-electron chi connectivity index (χ1n) is 6.90. The maximum absolute atomic E-state index is 11.5. The number of rotatable bonds is 2. The van der Waals surface area contributed by atoms with Crippen molar-refractivity contribution in [2.24, 2.45) is 0 Å². The van der Waals surface area contributed by atoms with Crippen LogP contribution in [-0.2, 0) is 4.74 Å². The zero-order valence-electron chi connectivity index (χ0n) is 12.4. The van der Waals surface area contributed by atoms with Gasteiger partial charge in [0.25, 0.3) is 0 Å². The summed E-state index contributed by atoms with van der Waals surface area (Å²) in [6.07, 6.45) is -0.744. The van der Waals surface area contributed by atoms with E-state index in [2.05, 4.69) is 9.72 Å². The highest BCUT2D eigenvalue weighted by Gasteiger charge is 2.12. The van der Waals surface area contributed by atoms with E-state index >= 15 is 0 Å². The van der Waals surface area contributed by atoms with Gasteiger partial charge in [-0.1, -0.05) is 42.0 Å². The quantitative estimate of drug-likeness (QED) is 0.659. The Morgan fingerprint density at radius 3 is 2.50 bits per heavy atom. The van der Waals surface area contributed by atoms with Crippen LogP contribution in [0.1, 0.15) is 5.56 Å². The normalized spacial score (nSPS) is 10.5. The second kappa shape index (κ2) is 5.85. The van der Waals surface area contributed by atoms with E-state index in [0.29, 0.717) is 5.75 Å². The van der Waals surface area contributed by atoms with E-state index in [9.17, 15) is 4.79 Å². The van der Waals surface area contributed by atoms with Crippen molar-refractivity contribution in [3.05, 3.63) is 60.2 Å². The summed E-state index contributed by atoms with van der Waals surface area (Å²) < 4.78 is 9.84. The molecule has 0 N–H and O–H groups in total. The van der Waals surface area contributed by atoms with Crippen LogP contribution in [0.4, 0.5) is 4.79 Å². The van der Waals surface area contributed by atoms with Gasteiger partial charge in [0, 0.05) is 17.0 Å². The van der Waals surface area contributed by atoms with Crippen LogP contribution in [0.5, 0.6) is 5.75 Å². The molecule has 2 aromatic carbocycles. The maximum Gasteiger partial charge on any atom is 0.513 e. The fourth-order valence-electron chi connectivity index (χ4n) is 2.23. The van der Waals surface area contributed by atoms with Crippen LogP contribution in [-0.4, -0.2) is 18.2 Å². The zero-order valence-corrected chi connectivity index (χ0v) is 12.4. The molecule has 0 aliphatic carbocycles. The summed E-state index contributed by atoms with van der Waals surface area (Å²) in [6.45, 7) is 2.03. The lowest BCUT2D eigenvalue weighted by molar-refractivity contribution is 0.122. The molecule has 0 saturated heterocycles. The molecule has 0 bridgehead atoms. The SMILES string of the molecule is COC(=O)Oc1cc(-c2ccc(C)cc2)nc2ccccc12. The van der Waals surface area contributed by atoms with Crippen LogP contribution >= 0.6 is 0 Å². The number of aryl methyl sites for hydroxylation is 1. The summed E-state index contributed by atoms with van der Waals surface area (Å²) >= 11 is 0. The predicted octanol–water partition coefficient (Wildman–Crippen LogP) is 4.36. The van der Waals surface area contributed by atoms with Gasteiger partial charge in [0.15, 0.2) is 0 Å². The zero-order chi connectivity index (χ0) is 15.5. The summed E-state index contributed by atoms with van der Waals surface area (Å²) in [5, 5.41) is 0.767. The number of aromatic nitrogens is 1. The topological polar surface area (TPSA) is 48.4 Å². The van der Waals surface area contributed by atoms with Crippen LogP contribution in [0.15, 0.2) is 54.6 Å². The lowest BCUT2D eigenvalue weighted by Gasteiger charge is -2.09. The number of methoxy groups -OCH3 is 1.